The van der Waals surface area contributed by atoms with Gasteiger partial charge in [-0.3, -0.25) is 0 Å². The molecule has 33 radical (unpaired) electrons. The summed E-state index contributed by atoms with van der Waals surface area (Å²) in [5.74, 6) is 0. The van der Waals surface area contributed by atoms with E-state index in [2.05, 4.69) is 0 Å². The molecule has 0 aliphatic carbocycles. The molecule has 99 valence electrons. The number of rotatable bonds is 0. The van der Waals surface area contributed by atoms with Crippen LogP contribution < -0.4 is 0 Å². The van der Waals surface area contributed by atoms with E-state index in [9.17, 15) is 0 Å². The van der Waals surface area contributed by atoms with Gasteiger partial charge in [-0.05, 0) is 0 Å². The molecule has 0 spiro atoms. The molecule has 0 rings (SSSR count). The van der Waals surface area contributed by atoms with Crippen LogP contribution >= 0.6 is 0 Å². The average molecular weight is 4580 g/mol. The Morgan fingerprint density at radius 1 is 0.0303 bits per heavy atom. The molecule has 0 heterocycles. The summed E-state index contributed by atoms with van der Waals surface area (Å²) in [5.41, 5.74) is 0. The Kier molecular flexibility index (Phi) is 1640. The Morgan fingerprint density at radius 3 is 0.0303 bits per heavy atom. The van der Waals surface area contributed by atoms with E-state index in [4.69, 9.17) is 0 Å². The Balaban J connectivity index is 0. The molecule has 0 atom stereocenters. The molecule has 0 saturated carbocycles. The Labute approximate surface area is 1130 Å². The van der Waals surface area contributed by atoms with Crippen molar-refractivity contribution in [3.8, 4) is 0 Å². The van der Waals surface area contributed by atoms with Gasteiger partial charge in [0.05, 0.1) is 0 Å². The van der Waals surface area contributed by atoms with Gasteiger partial charge in [0.2, 0.25) is 0 Å². The molecule has 0 aromatic rings. The van der Waals surface area contributed by atoms with E-state index in [1.807, 2.05) is 0 Å². The van der Waals surface area contributed by atoms with Crippen molar-refractivity contribution >= 4 is 0 Å². The van der Waals surface area contributed by atoms with Crippen molar-refractivity contribution in [2.75, 3.05) is 0 Å². The molecule has 0 aliphatic rings. The molecule has 0 amide bonds. The van der Waals surface area contributed by atoms with Gasteiger partial charge in [0, 0.05) is 1170 Å². The summed E-state index contributed by atoms with van der Waals surface area (Å²) in [7, 11) is 0. The second-order valence-corrected chi connectivity index (χ2v) is 0. The third-order valence-electron chi connectivity index (χ3n) is 0. The normalized spacial score (nSPS) is 0. The second-order valence-electron chi connectivity index (χ2n) is 0. The van der Waals surface area contributed by atoms with E-state index in [0.717, 1.165) is 0 Å². The van der Waals surface area contributed by atoms with E-state index < -0.39 is 0 Å². The van der Waals surface area contributed by atoms with Crippen LogP contribution in [0.3, 0.4) is 0 Å². The van der Waals surface area contributed by atoms with Gasteiger partial charge in [-0.25, -0.2) is 0 Å². The van der Waals surface area contributed by atoms with Crippen molar-refractivity contribution in [3.05, 3.63) is 0 Å². The van der Waals surface area contributed by atoms with Crippen LogP contribution in [0.15, 0.2) is 0 Å². The summed E-state index contributed by atoms with van der Waals surface area (Å²) < 4.78 is 0. The summed E-state index contributed by atoms with van der Waals surface area (Å²) in [6, 6.07) is 0. The molecule has 0 aliphatic heterocycles. The van der Waals surface area contributed by atoms with Gasteiger partial charge in [0.25, 0.3) is 0 Å². The van der Waals surface area contributed by atoms with Crippen LogP contribution in [0, 0.1) is 1170 Å². The first-order valence-electron chi connectivity index (χ1n) is 0. The third kappa shape index (κ3) is 221. The Bertz CT molecular complexity index is 0. The molecule has 0 nitrogen and oxygen atoms in total. The molecule has 33 heteroatoms. The Hall–Kier alpha value is 39.4. The fourth-order valence-electron chi connectivity index (χ4n) is 0. The smallest absolute Gasteiger partial charge is 0 e. The van der Waals surface area contributed by atoms with Gasteiger partial charge in [-0.1, -0.05) is 0 Å². The minimum atomic E-state index is 0. The van der Waals surface area contributed by atoms with E-state index in [0.29, 0.717) is 0 Å². The molecule has 0 aromatic heterocycles. The van der Waals surface area contributed by atoms with E-state index >= 15 is 0 Å². The van der Waals surface area contributed by atoms with Crippen LogP contribution in [0.5, 0.6) is 0 Å². The predicted molar refractivity (Wildman–Crippen MR) is 0 cm³/mol. The van der Waals surface area contributed by atoms with Crippen molar-refractivity contribution in [2.45, 2.75) is 0 Å². The summed E-state index contributed by atoms with van der Waals surface area (Å²) >= 11 is 0. The largest absolute Gasteiger partial charge is 0 e. The van der Waals surface area contributed by atoms with Crippen LogP contribution in [0.4, 0.5) is 0 Å². The minimum Gasteiger partial charge on any atom is 0 e. The van der Waals surface area contributed by atoms with E-state index in [1.165, 1.54) is 0 Å². The van der Waals surface area contributed by atoms with Crippen LogP contribution in [0.2, 0.25) is 0 Å². The first-order chi connectivity index (χ1) is 0. The van der Waals surface area contributed by atoms with Gasteiger partial charge in [0.1, 0.15) is 0 Å². The number of hydrogen-bond acceptors (Lipinski definition) is 0. The van der Waals surface area contributed by atoms with Crippen LogP contribution in [0.25, 0.3) is 0 Å². The zero-order chi connectivity index (χ0) is 0. The third-order valence-corrected chi connectivity index (χ3v) is 0. The SMILES string of the molecule is [La].[La].[La].[La].[La].[La].[La].[La].[La].[La].[La].[La].[La].[La].[La].[La].[La].[La].[La].[La].[La].[La].[La].[La].[La].[La].[La].[La].[La].[La].[La].[La].[La]. The molecule has 0 bridgehead atoms. The van der Waals surface area contributed by atoms with E-state index in [1.54, 1.807) is 0 Å². The van der Waals surface area contributed by atoms with Crippen molar-refractivity contribution in [3.63, 3.8) is 0 Å². The van der Waals surface area contributed by atoms with Crippen molar-refractivity contribution in [2.24, 2.45) is 0 Å². The van der Waals surface area contributed by atoms with Crippen LogP contribution in [-0.2, 0) is 0 Å². The molecular weight excluding hydrogens is 4580 g/mol. The molecular formula is La33. The van der Waals surface area contributed by atoms with Gasteiger partial charge in [0.15, 0.2) is 0 Å². The van der Waals surface area contributed by atoms with Crippen molar-refractivity contribution in [1.29, 1.82) is 0 Å². The maximum Gasteiger partial charge on any atom is 0 e. The van der Waals surface area contributed by atoms with Crippen LogP contribution in [-0.4, -0.2) is 0 Å². The topological polar surface area (TPSA) is 0 Å². The maximum atomic E-state index is 0. The maximum absolute atomic E-state index is 0. The molecule has 0 saturated heterocycles. The van der Waals surface area contributed by atoms with E-state index in [-0.39, 0.29) is 1170 Å². The summed E-state index contributed by atoms with van der Waals surface area (Å²) in [5, 5.41) is 0. The fourth-order valence-corrected chi connectivity index (χ4v) is 0. The molecule has 0 aromatic carbocycles. The average Bonchev–Trinajstić information content (AvgIpc) is 0. The second kappa shape index (κ2) is 228. The summed E-state index contributed by atoms with van der Waals surface area (Å²) in [6.07, 6.45) is 0. The monoisotopic (exact) mass is 4580 g/mol. The molecule has 33 heavy (non-hydrogen) atoms. The van der Waals surface area contributed by atoms with Crippen molar-refractivity contribution in [1.82, 2.24) is 0 Å². The molecule has 0 fully saturated rings. The van der Waals surface area contributed by atoms with Gasteiger partial charge in [-0.2, -0.15) is 0 Å². The van der Waals surface area contributed by atoms with Gasteiger partial charge in [-0.15, -0.1) is 0 Å². The van der Waals surface area contributed by atoms with Crippen molar-refractivity contribution < 1.29 is 1170 Å². The molecule has 0 unspecified atom stereocenters. The zero-order valence-corrected chi connectivity index (χ0v) is 139. The Morgan fingerprint density at radius 2 is 0.0303 bits per heavy atom. The van der Waals surface area contributed by atoms with Gasteiger partial charge >= 0.3 is 0 Å². The first kappa shape index (κ1) is 238. The first-order valence-corrected chi connectivity index (χ1v) is 0. The summed E-state index contributed by atoms with van der Waals surface area (Å²) in [6.45, 7) is 0. The quantitative estimate of drug-likeness (QED) is 0.321. The fraction of sp³-hybridized carbons (Fsp3) is 0. The van der Waals surface area contributed by atoms with Crippen LogP contribution in [0.1, 0.15) is 0 Å². The van der Waals surface area contributed by atoms with Gasteiger partial charge < -0.3 is 0 Å². The minimum absolute atomic E-state index is 0. The standard InChI is InChI=1S/33La. The summed E-state index contributed by atoms with van der Waals surface area (Å²) in [4.78, 5) is 0. The molecule has 0 N–H and O–H groups in total. The zero-order valence-electron chi connectivity index (χ0n) is 19.1. The predicted octanol–water partition coefficient (Wildman–Crippen LogP) is 0. The number of hydrogen-bond donors (Lipinski definition) is 0.